The van der Waals surface area contributed by atoms with Crippen LogP contribution >= 0.6 is 11.3 Å². The fourth-order valence-corrected chi connectivity index (χ4v) is 9.58. The van der Waals surface area contributed by atoms with Crippen molar-refractivity contribution in [2.45, 2.75) is 81.0 Å². The van der Waals surface area contributed by atoms with Crippen molar-refractivity contribution in [2.75, 3.05) is 31.1 Å². The number of nitrogens with two attached hydrogens (primary N) is 1. The lowest BCUT2D eigenvalue weighted by atomic mass is 9.95. The van der Waals surface area contributed by atoms with E-state index in [4.69, 9.17) is 20.5 Å². The third-order valence-electron chi connectivity index (χ3n) is 10.8. The van der Waals surface area contributed by atoms with Crippen molar-refractivity contribution in [3.05, 3.63) is 35.4 Å². The second-order valence-electron chi connectivity index (χ2n) is 13.8. The van der Waals surface area contributed by atoms with E-state index < -0.39 is 63.0 Å². The zero-order chi connectivity index (χ0) is 36.5. The summed E-state index contributed by atoms with van der Waals surface area (Å²) in [5, 5.41) is 11.8. The first-order chi connectivity index (χ1) is 24.9. The Kier molecular flexibility index (Phi) is 8.57. The Morgan fingerprint density at radius 2 is 2.02 bits per heavy atom. The summed E-state index contributed by atoms with van der Waals surface area (Å²) in [7, 11) is 0. The van der Waals surface area contributed by atoms with Gasteiger partial charge < -0.3 is 25.4 Å². The van der Waals surface area contributed by atoms with Gasteiger partial charge in [-0.1, -0.05) is 11.3 Å². The summed E-state index contributed by atoms with van der Waals surface area (Å²) in [4.78, 5) is 28.3. The van der Waals surface area contributed by atoms with Gasteiger partial charge in [-0.25, -0.2) is 22.9 Å². The number of halogens is 6. The summed E-state index contributed by atoms with van der Waals surface area (Å²) in [5.41, 5.74) is 0.916. The number of aromatic nitrogens is 3. The van der Waals surface area contributed by atoms with Gasteiger partial charge >= 0.3 is 18.3 Å². The van der Waals surface area contributed by atoms with Crippen LogP contribution in [0.25, 0.3) is 32.2 Å². The van der Waals surface area contributed by atoms with Gasteiger partial charge in [-0.2, -0.15) is 28.4 Å². The number of ether oxygens (including phenoxy) is 2. The molecule has 6 heterocycles. The average molecular weight is 747 g/mol. The number of rotatable bonds is 9. The van der Waals surface area contributed by atoms with Crippen molar-refractivity contribution in [1.29, 1.82) is 5.26 Å². The SMILES string of the molecule is N#CCCNC1C[C@H]2CC[C@@H]1N2c1nc(OC[C@@]23CCCN2C[C@H](F)C3)nc2c(F)c(-c3ccc(F)c4sc(OC(N)=O)nc34)c(C(F)(F)F)cc12. The van der Waals surface area contributed by atoms with Crippen LogP contribution in [0.2, 0.25) is 0 Å². The van der Waals surface area contributed by atoms with Crippen LogP contribution in [0.3, 0.4) is 0 Å². The highest BCUT2D eigenvalue weighted by molar-refractivity contribution is 7.20. The van der Waals surface area contributed by atoms with Crippen LogP contribution in [-0.2, 0) is 6.18 Å². The quantitative estimate of drug-likeness (QED) is 0.150. The average Bonchev–Trinajstić information content (AvgIpc) is 3.90. The highest BCUT2D eigenvalue weighted by atomic mass is 32.1. The fraction of sp³-hybridized carbons (Fsp3) is 0.500. The lowest BCUT2D eigenvalue weighted by Crippen LogP contribution is -2.43. The Bertz CT molecular complexity index is 2130. The summed E-state index contributed by atoms with van der Waals surface area (Å²) >= 11 is 0.526. The number of hydrogen-bond donors (Lipinski definition) is 2. The maximum atomic E-state index is 17.1. The molecular weight excluding hydrogens is 714 g/mol. The van der Waals surface area contributed by atoms with Gasteiger partial charge in [0.05, 0.1) is 27.4 Å². The van der Waals surface area contributed by atoms with E-state index in [-0.39, 0.29) is 71.5 Å². The number of thiazole rings is 1. The standard InChI is InChI=1S/C34H32F6N8O3S/c35-16-13-33(7-1-10-47(33)14-16)15-50-31-44-26-19(29(46-31)48-17-3-6-23(48)22(11-17)43-9-2-8-41)12-20(34(38,39)40)24(25(26)37)18-4-5-21(36)28-27(18)45-32(52-28)51-30(42)49/h4-5,12,16-17,22-23,43H,1-3,6-7,9-11,13-15H2,(H2,42,49)/t16-,17-,22?,23+,33+/m1/s1. The zero-order valence-corrected chi connectivity index (χ0v) is 28.3. The molecule has 274 valence electrons. The van der Waals surface area contributed by atoms with E-state index in [0.717, 1.165) is 31.0 Å². The molecule has 18 heteroatoms. The molecule has 11 nitrogen and oxygen atoms in total. The predicted molar refractivity (Wildman–Crippen MR) is 178 cm³/mol. The number of nitriles is 1. The number of alkyl halides is 4. The predicted octanol–water partition coefficient (Wildman–Crippen LogP) is 6.23. The number of nitrogens with zero attached hydrogens (tertiary/aromatic N) is 6. The molecule has 0 spiro atoms. The Morgan fingerprint density at radius 1 is 1.19 bits per heavy atom. The van der Waals surface area contributed by atoms with Crippen LogP contribution in [0.4, 0.5) is 37.0 Å². The molecule has 0 aliphatic carbocycles. The third kappa shape index (κ3) is 5.82. The van der Waals surface area contributed by atoms with E-state index in [1.165, 1.54) is 0 Å². The largest absolute Gasteiger partial charge is 0.461 e. The number of carbonyl (C=O) groups is 1. The van der Waals surface area contributed by atoms with E-state index in [2.05, 4.69) is 26.3 Å². The minimum absolute atomic E-state index is 0.00127. The van der Waals surface area contributed by atoms with Crippen LogP contribution in [0, 0.1) is 23.0 Å². The molecule has 0 saturated carbocycles. The van der Waals surface area contributed by atoms with E-state index in [0.29, 0.717) is 43.7 Å². The van der Waals surface area contributed by atoms with Crippen molar-refractivity contribution in [2.24, 2.45) is 5.73 Å². The number of anilines is 1. The normalized spacial score (nSPS) is 25.7. The van der Waals surface area contributed by atoms with Gasteiger partial charge in [0, 0.05) is 60.6 Å². The number of nitrogens with one attached hydrogen (secondary N) is 1. The summed E-state index contributed by atoms with van der Waals surface area (Å²) in [6, 6.07) is 4.02. The number of benzene rings is 2. The molecule has 0 radical (unpaired) electrons. The number of fused-ring (bicyclic) bond motifs is 5. The molecule has 4 aliphatic rings. The first kappa shape index (κ1) is 34.6. The number of amides is 1. The van der Waals surface area contributed by atoms with Crippen molar-refractivity contribution >= 4 is 44.4 Å². The molecule has 4 aliphatic heterocycles. The second kappa shape index (κ2) is 12.9. The van der Waals surface area contributed by atoms with Gasteiger partial charge in [0.2, 0.25) is 0 Å². The highest BCUT2D eigenvalue weighted by Crippen LogP contribution is 2.49. The van der Waals surface area contributed by atoms with Crippen molar-refractivity contribution < 1.29 is 40.6 Å². The van der Waals surface area contributed by atoms with E-state index in [1.807, 2.05) is 9.80 Å². The maximum Gasteiger partial charge on any atom is 0.417 e. The second-order valence-corrected chi connectivity index (χ2v) is 14.7. The van der Waals surface area contributed by atoms with Crippen LogP contribution in [-0.4, -0.2) is 82.0 Å². The zero-order valence-electron chi connectivity index (χ0n) is 27.5. The first-order valence-corrected chi connectivity index (χ1v) is 17.8. The summed E-state index contributed by atoms with van der Waals surface area (Å²) in [5.74, 6) is -2.17. The van der Waals surface area contributed by atoms with Crippen LogP contribution in [0.5, 0.6) is 11.2 Å². The maximum absolute atomic E-state index is 17.1. The van der Waals surface area contributed by atoms with Gasteiger partial charge in [-0.15, -0.1) is 0 Å². The minimum Gasteiger partial charge on any atom is -0.461 e. The van der Waals surface area contributed by atoms with Crippen LogP contribution in [0.15, 0.2) is 18.2 Å². The number of carbonyl (C=O) groups excluding carboxylic acids is 1. The van der Waals surface area contributed by atoms with E-state index in [1.54, 1.807) is 0 Å². The fourth-order valence-electron chi connectivity index (χ4n) is 8.73. The third-order valence-corrected chi connectivity index (χ3v) is 11.7. The van der Waals surface area contributed by atoms with Gasteiger partial charge in [0.15, 0.2) is 5.82 Å². The lowest BCUT2D eigenvalue weighted by molar-refractivity contribution is -0.137. The Hall–Kier alpha value is -4.47. The smallest absolute Gasteiger partial charge is 0.417 e. The molecule has 2 aromatic carbocycles. The highest BCUT2D eigenvalue weighted by Gasteiger charge is 2.50. The Balaban J connectivity index is 1.31. The topological polar surface area (TPSA) is 143 Å². The molecule has 1 unspecified atom stereocenters. The van der Waals surface area contributed by atoms with Crippen LogP contribution < -0.4 is 25.4 Å². The molecule has 3 N–H and O–H groups in total. The lowest BCUT2D eigenvalue weighted by Gasteiger charge is -2.31. The van der Waals surface area contributed by atoms with Gasteiger partial charge in [-0.05, 0) is 56.8 Å². The molecule has 5 atom stereocenters. The minimum atomic E-state index is -5.11. The van der Waals surface area contributed by atoms with Crippen LogP contribution in [0.1, 0.15) is 50.5 Å². The summed E-state index contributed by atoms with van der Waals surface area (Å²) in [6.45, 7) is 1.38. The molecule has 4 saturated heterocycles. The molecule has 1 amide bonds. The Morgan fingerprint density at radius 3 is 2.79 bits per heavy atom. The summed E-state index contributed by atoms with van der Waals surface area (Å²) in [6.07, 6.45) is -3.37. The van der Waals surface area contributed by atoms with Crippen molar-refractivity contribution in [1.82, 2.24) is 25.2 Å². The number of hydrogen-bond acceptors (Lipinski definition) is 11. The molecular formula is C34H32F6N8O3S. The molecule has 4 fully saturated rings. The molecule has 52 heavy (non-hydrogen) atoms. The molecule has 8 rings (SSSR count). The first-order valence-electron chi connectivity index (χ1n) is 17.0. The van der Waals surface area contributed by atoms with Gasteiger partial charge in [0.1, 0.15) is 29.9 Å². The number of primary amides is 1. The molecule has 4 aromatic rings. The molecule has 2 bridgehead atoms. The van der Waals surface area contributed by atoms with E-state index >= 15 is 17.6 Å². The monoisotopic (exact) mass is 746 g/mol. The van der Waals surface area contributed by atoms with Gasteiger partial charge in [-0.3, -0.25) is 4.90 Å². The van der Waals surface area contributed by atoms with Crippen molar-refractivity contribution in [3.63, 3.8) is 0 Å². The van der Waals surface area contributed by atoms with Gasteiger partial charge in [0.25, 0.3) is 5.19 Å². The summed E-state index contributed by atoms with van der Waals surface area (Å²) < 4.78 is 102. The van der Waals surface area contributed by atoms with Crippen molar-refractivity contribution in [3.8, 4) is 28.4 Å². The van der Waals surface area contributed by atoms with E-state index in [9.17, 15) is 13.6 Å². The molecule has 2 aromatic heterocycles. The Labute approximate surface area is 296 Å².